The van der Waals surface area contributed by atoms with Crippen LogP contribution in [0.4, 0.5) is 10.5 Å². The van der Waals surface area contributed by atoms with Crippen LogP contribution < -0.4 is 27.1 Å². The van der Waals surface area contributed by atoms with E-state index < -0.39 is 52.6 Å². The van der Waals surface area contributed by atoms with Crippen LogP contribution in [0.15, 0.2) is 65.0 Å². The predicted octanol–water partition coefficient (Wildman–Crippen LogP) is -0.388. The van der Waals surface area contributed by atoms with Gasteiger partial charge in [-0.2, -0.15) is 15.4 Å². The van der Waals surface area contributed by atoms with Gasteiger partial charge in [-0.05, 0) is 17.7 Å². The minimum Gasteiger partial charge on any atom is -0.477 e. The Balaban J connectivity index is 1.39. The van der Waals surface area contributed by atoms with Gasteiger partial charge in [-0.15, -0.1) is 11.8 Å². The van der Waals surface area contributed by atoms with Gasteiger partial charge in [0, 0.05) is 35.5 Å². The van der Waals surface area contributed by atoms with Gasteiger partial charge in [0.2, 0.25) is 5.91 Å². The van der Waals surface area contributed by atoms with E-state index in [1.54, 1.807) is 0 Å². The Labute approximate surface area is 250 Å². The molecule has 2 aliphatic heterocycles. The van der Waals surface area contributed by atoms with Crippen molar-refractivity contribution in [3.8, 4) is 0 Å². The number of rotatable bonds is 9. The van der Waals surface area contributed by atoms with E-state index in [1.165, 1.54) is 54.6 Å². The average Bonchev–Trinajstić information content (AvgIpc) is 3.53. The summed E-state index contributed by atoms with van der Waals surface area (Å²) in [4.78, 5) is 79.2. The molecule has 2 unspecified atom stereocenters. The first-order valence-electron chi connectivity index (χ1n) is 12.3. The number of thiocarbonyl (C=S) groups is 1. The van der Waals surface area contributed by atoms with Gasteiger partial charge in [0.25, 0.3) is 11.8 Å². The number of benzene rings is 1. The summed E-state index contributed by atoms with van der Waals surface area (Å²) < 4.78 is 0. The van der Waals surface area contributed by atoms with E-state index in [4.69, 9.17) is 18.0 Å². The minimum atomic E-state index is -1.39. The second kappa shape index (κ2) is 11.9. The molecule has 0 radical (unpaired) electrons. The number of aliphatic carboxylic acids is 1. The smallest absolute Gasteiger partial charge is 0.353 e. The maximum absolute atomic E-state index is 13.6. The summed E-state index contributed by atoms with van der Waals surface area (Å²) in [5.74, 6) is -3.64. The highest BCUT2D eigenvalue weighted by atomic mass is 32.2. The molecule has 8 N–H and O–H groups in total. The summed E-state index contributed by atoms with van der Waals surface area (Å²) in [6, 6.07) is 3.58. The SMILES string of the molecule is NC(=O)Nc1ccc(C(NC(=O)c2c[nH]ccc2=O)C(=O)NC2C(=O)N3C(C(=O)O)=C(C(=S)c4cn[nH]n4)CS[C@@H]23)cc1. The zero-order valence-corrected chi connectivity index (χ0v) is 23.3. The van der Waals surface area contributed by atoms with Gasteiger partial charge in [-0.3, -0.25) is 24.1 Å². The van der Waals surface area contributed by atoms with Crippen molar-refractivity contribution in [2.45, 2.75) is 17.5 Å². The fourth-order valence-corrected chi connectivity index (χ4v) is 6.21. The lowest BCUT2D eigenvalue weighted by atomic mass is 9.99. The third-order valence-corrected chi connectivity index (χ3v) is 8.24. The number of nitrogens with two attached hydrogens (primary N) is 1. The number of fused-ring (bicyclic) bond motifs is 1. The highest BCUT2D eigenvalue weighted by molar-refractivity contribution is 8.00. The van der Waals surface area contributed by atoms with Crippen molar-refractivity contribution in [1.29, 1.82) is 0 Å². The maximum atomic E-state index is 13.6. The van der Waals surface area contributed by atoms with Gasteiger partial charge in [0.15, 0.2) is 5.43 Å². The van der Waals surface area contributed by atoms with E-state index in [0.29, 0.717) is 5.69 Å². The number of nitrogens with one attached hydrogen (secondary N) is 5. The number of primary amides is 1. The first kappa shape index (κ1) is 29.1. The summed E-state index contributed by atoms with van der Waals surface area (Å²) >= 11 is 6.58. The summed E-state index contributed by atoms with van der Waals surface area (Å²) in [5.41, 5.74) is 4.99. The van der Waals surface area contributed by atoms with Crippen LogP contribution in [-0.2, 0) is 14.4 Å². The summed E-state index contributed by atoms with van der Waals surface area (Å²) in [6.07, 6.45) is 3.85. The Kier molecular flexibility index (Phi) is 8.04. The lowest BCUT2D eigenvalue weighted by molar-refractivity contribution is -0.150. The molecule has 16 nitrogen and oxygen atoms in total. The zero-order chi connectivity index (χ0) is 30.8. The Hall–Kier alpha value is -5.36. The Morgan fingerprint density at radius 3 is 2.53 bits per heavy atom. The van der Waals surface area contributed by atoms with Crippen molar-refractivity contribution >= 4 is 64.3 Å². The summed E-state index contributed by atoms with van der Waals surface area (Å²) in [5, 5.41) is 26.6. The number of urea groups is 1. The molecule has 0 aliphatic carbocycles. The van der Waals surface area contributed by atoms with Crippen LogP contribution in [0.3, 0.4) is 0 Å². The highest BCUT2D eigenvalue weighted by Crippen LogP contribution is 2.41. The van der Waals surface area contributed by atoms with Gasteiger partial charge in [-0.25, -0.2) is 9.59 Å². The molecule has 0 saturated carbocycles. The zero-order valence-electron chi connectivity index (χ0n) is 21.7. The quantitative estimate of drug-likeness (QED) is 0.0919. The predicted molar refractivity (Wildman–Crippen MR) is 155 cm³/mol. The topological polar surface area (TPSA) is 245 Å². The molecule has 43 heavy (non-hydrogen) atoms. The first-order valence-corrected chi connectivity index (χ1v) is 13.8. The van der Waals surface area contributed by atoms with E-state index in [1.807, 2.05) is 0 Å². The number of carboxylic acids is 1. The number of H-pyrrole nitrogens is 2. The molecule has 5 rings (SSSR count). The van der Waals surface area contributed by atoms with Crippen LogP contribution in [0, 0.1) is 0 Å². The molecule has 0 spiro atoms. The molecule has 1 saturated heterocycles. The van der Waals surface area contributed by atoms with Gasteiger partial charge < -0.3 is 31.8 Å². The third-order valence-electron chi connectivity index (χ3n) is 6.51. The summed E-state index contributed by atoms with van der Waals surface area (Å²) in [6.45, 7) is 0. The number of pyridine rings is 1. The second-order valence-electron chi connectivity index (χ2n) is 9.15. The molecular weight excluding hydrogens is 602 g/mol. The van der Waals surface area contributed by atoms with Crippen molar-refractivity contribution in [3.63, 3.8) is 0 Å². The van der Waals surface area contributed by atoms with Gasteiger partial charge in [0.05, 0.1) is 11.1 Å². The van der Waals surface area contributed by atoms with E-state index in [2.05, 4.69) is 36.3 Å². The van der Waals surface area contributed by atoms with Gasteiger partial charge >= 0.3 is 12.0 Å². The highest BCUT2D eigenvalue weighted by Gasteiger charge is 2.55. The molecule has 3 atom stereocenters. The number of aromatic amines is 2. The van der Waals surface area contributed by atoms with Crippen LogP contribution in [0.25, 0.3) is 0 Å². The molecule has 2 aromatic heterocycles. The Morgan fingerprint density at radius 2 is 1.91 bits per heavy atom. The lowest BCUT2D eigenvalue weighted by Crippen LogP contribution is -2.71. The van der Waals surface area contributed by atoms with Crippen molar-refractivity contribution in [2.24, 2.45) is 5.73 Å². The number of anilines is 1. The van der Waals surface area contributed by atoms with Crippen molar-refractivity contribution in [2.75, 3.05) is 11.1 Å². The molecule has 1 fully saturated rings. The lowest BCUT2D eigenvalue weighted by Gasteiger charge is -2.49. The fraction of sp³-hybridized carbons (Fsp3) is 0.160. The molecule has 0 bridgehead atoms. The number of amides is 5. The van der Waals surface area contributed by atoms with Crippen molar-refractivity contribution in [1.82, 2.24) is 35.9 Å². The van der Waals surface area contributed by atoms with E-state index >= 15 is 0 Å². The van der Waals surface area contributed by atoms with Crippen LogP contribution in [0.5, 0.6) is 0 Å². The largest absolute Gasteiger partial charge is 0.477 e. The van der Waals surface area contributed by atoms with Crippen molar-refractivity contribution < 1.29 is 29.1 Å². The minimum absolute atomic E-state index is 0.111. The number of carboxylic acid groups (broad SMARTS) is 1. The number of aromatic nitrogens is 4. The van der Waals surface area contributed by atoms with Gasteiger partial charge in [-0.1, -0.05) is 24.4 Å². The molecule has 1 aromatic carbocycles. The van der Waals surface area contributed by atoms with Crippen LogP contribution >= 0.6 is 24.0 Å². The van der Waals surface area contributed by atoms with Crippen LogP contribution in [-0.4, -0.2) is 82.2 Å². The van der Waals surface area contributed by atoms with E-state index in [-0.39, 0.29) is 38.7 Å². The standard InChI is InChI=1S/C25H21N9O7S2/c26-25(41)29-11-3-1-10(2-4-11)16(30-20(36)12-7-27-6-5-15(12)35)21(37)31-17-22(38)34-18(24(39)40)13(9-43-23(17)34)19(42)14-8-28-33-32-14/h1-8,16-17,23H,9H2,(H,27,35)(H,30,36)(H,31,37)(H,39,40)(H3,26,29,41)(H,28,32,33)/t16?,17?,23-/m0/s1. The normalized spacial score (nSPS) is 18.1. The number of thioether (sulfide) groups is 1. The summed E-state index contributed by atoms with van der Waals surface area (Å²) in [7, 11) is 0. The van der Waals surface area contributed by atoms with E-state index in [0.717, 1.165) is 11.0 Å². The number of carbonyl (C=O) groups excluding carboxylic acids is 4. The Bertz CT molecular complexity index is 1740. The monoisotopic (exact) mass is 623 g/mol. The molecule has 3 aromatic rings. The number of hydrogen-bond donors (Lipinski definition) is 7. The Morgan fingerprint density at radius 1 is 1.16 bits per heavy atom. The molecule has 5 amide bonds. The molecule has 220 valence electrons. The van der Waals surface area contributed by atoms with E-state index in [9.17, 15) is 33.9 Å². The number of β-lactam (4-membered cyclic amide) rings is 1. The average molecular weight is 624 g/mol. The van der Waals surface area contributed by atoms with Crippen molar-refractivity contribution in [3.05, 3.63) is 87.2 Å². The van der Waals surface area contributed by atoms with Crippen LogP contribution in [0.1, 0.15) is 27.7 Å². The maximum Gasteiger partial charge on any atom is 0.353 e. The molecule has 4 heterocycles. The first-order chi connectivity index (χ1) is 20.6. The third kappa shape index (κ3) is 5.72. The molecular formula is C25H21N9O7S2. The molecule has 2 aliphatic rings. The van der Waals surface area contributed by atoms with Crippen LogP contribution in [0.2, 0.25) is 0 Å². The molecule has 18 heteroatoms. The number of nitrogens with zero attached hydrogens (tertiary/aromatic N) is 3. The fourth-order valence-electron chi connectivity index (χ4n) is 4.50. The second-order valence-corrected chi connectivity index (χ2v) is 10.7. The number of hydrogen-bond acceptors (Lipinski definition) is 10. The number of carbonyl (C=O) groups is 5. The van der Waals surface area contributed by atoms with Gasteiger partial charge in [0.1, 0.15) is 34.4 Å².